The highest BCUT2D eigenvalue weighted by molar-refractivity contribution is 6.04. The number of hydrogen-bond donors (Lipinski definition) is 4. The molecule has 2 aliphatic heterocycles. The topological polar surface area (TPSA) is 98.9 Å². The summed E-state index contributed by atoms with van der Waals surface area (Å²) in [5.41, 5.74) is 3.99. The molecule has 7 nitrogen and oxygen atoms in total. The van der Waals surface area contributed by atoms with Crippen LogP contribution in [-0.2, 0) is 5.41 Å². The van der Waals surface area contributed by atoms with Gasteiger partial charge in [0.2, 0.25) is 0 Å². The molecule has 4 heterocycles. The Balaban J connectivity index is 1.46. The van der Waals surface area contributed by atoms with Crippen LogP contribution in [0.4, 0.5) is 5.82 Å². The van der Waals surface area contributed by atoms with Crippen molar-refractivity contribution in [1.82, 2.24) is 20.6 Å². The molecule has 0 saturated carbocycles. The second-order valence-corrected chi connectivity index (χ2v) is 7.93. The minimum atomic E-state index is -0.209. The second kappa shape index (κ2) is 7.42. The maximum absolute atomic E-state index is 12.5. The molecule has 1 aromatic carbocycles. The lowest BCUT2D eigenvalue weighted by Gasteiger charge is -2.40. The molecule has 30 heavy (non-hydrogen) atoms. The van der Waals surface area contributed by atoms with Crippen LogP contribution in [0.2, 0.25) is 0 Å². The Hall–Kier alpha value is -3.45. The van der Waals surface area contributed by atoms with Gasteiger partial charge >= 0.3 is 0 Å². The first-order chi connectivity index (χ1) is 14.6. The minimum Gasteiger partial charge on any atom is -0.357 e. The Morgan fingerprint density at radius 1 is 1.07 bits per heavy atom. The molecule has 4 N–H and O–H groups in total. The van der Waals surface area contributed by atoms with Crippen LogP contribution in [0, 0.1) is 0 Å². The summed E-state index contributed by atoms with van der Waals surface area (Å²) in [6.07, 6.45) is 3.63. The fraction of sp³-hybridized carbons (Fsp3) is 0.261. The molecule has 0 bridgehead atoms. The summed E-state index contributed by atoms with van der Waals surface area (Å²) in [5.74, 6) is 0.220. The highest BCUT2D eigenvalue weighted by atomic mass is 16.2. The molecule has 0 radical (unpaired) electrons. The van der Waals surface area contributed by atoms with Crippen molar-refractivity contribution in [3.8, 4) is 11.3 Å². The average molecular weight is 401 g/mol. The summed E-state index contributed by atoms with van der Waals surface area (Å²) in [6, 6.07) is 14.6. The monoisotopic (exact) mass is 401 g/mol. The molecule has 2 aromatic heterocycles. The van der Waals surface area contributed by atoms with E-state index in [1.54, 1.807) is 18.3 Å². The molecule has 3 aromatic rings. The maximum Gasteiger partial charge on any atom is 0.256 e. The zero-order valence-electron chi connectivity index (χ0n) is 16.5. The molecule has 5 rings (SSSR count). The number of nitrogens with one attached hydrogen (secondary N) is 4. The minimum absolute atomic E-state index is 0.0386. The summed E-state index contributed by atoms with van der Waals surface area (Å²) in [7, 11) is 0. The number of nitrogens with zero attached hydrogens (tertiary/aromatic N) is 1. The van der Waals surface area contributed by atoms with Gasteiger partial charge in [-0.05, 0) is 56.3 Å². The van der Waals surface area contributed by atoms with Crippen LogP contribution < -0.4 is 16.0 Å². The molecule has 2 aliphatic rings. The number of carbonyl (C=O) groups excluding carboxylic acids is 2. The Bertz CT molecular complexity index is 1100. The quantitative estimate of drug-likeness (QED) is 0.542. The fourth-order valence-corrected chi connectivity index (χ4v) is 4.42. The van der Waals surface area contributed by atoms with Crippen molar-refractivity contribution in [2.45, 2.75) is 18.3 Å². The fourth-order valence-electron chi connectivity index (χ4n) is 4.42. The third-order valence-corrected chi connectivity index (χ3v) is 6.09. The molecular weight excluding hydrogens is 378 g/mol. The number of anilines is 1. The standard InChI is InChI=1S/C23H23N5O2/c29-21(15-4-2-1-3-5-15)28-19-12-16(6-9-25-19)18-13-17-20(27-18)23(14-26-22(17)30)7-10-24-11-8-23/h1-6,9,12-13,24,27H,7-8,10-11,14H2,(H,26,30)(H,25,28,29). The van der Waals surface area contributed by atoms with Gasteiger partial charge in [-0.2, -0.15) is 0 Å². The number of hydrogen-bond acceptors (Lipinski definition) is 4. The zero-order chi connectivity index (χ0) is 20.6. The number of fused-ring (bicyclic) bond motifs is 2. The van der Waals surface area contributed by atoms with Crippen LogP contribution in [0.3, 0.4) is 0 Å². The number of rotatable bonds is 3. The third-order valence-electron chi connectivity index (χ3n) is 6.09. The Morgan fingerprint density at radius 2 is 1.87 bits per heavy atom. The number of piperidine rings is 1. The van der Waals surface area contributed by atoms with Crippen LogP contribution in [0.25, 0.3) is 11.3 Å². The van der Waals surface area contributed by atoms with Crippen molar-refractivity contribution < 1.29 is 9.59 Å². The van der Waals surface area contributed by atoms with Gasteiger partial charge in [0.05, 0.1) is 5.56 Å². The number of aromatic amines is 1. The number of aromatic nitrogens is 2. The van der Waals surface area contributed by atoms with E-state index in [9.17, 15) is 9.59 Å². The molecule has 2 amide bonds. The first-order valence-corrected chi connectivity index (χ1v) is 10.2. The predicted molar refractivity (Wildman–Crippen MR) is 115 cm³/mol. The van der Waals surface area contributed by atoms with Crippen LogP contribution >= 0.6 is 0 Å². The lowest BCUT2D eigenvalue weighted by molar-refractivity contribution is 0.0913. The highest BCUT2D eigenvalue weighted by Gasteiger charge is 2.42. The first kappa shape index (κ1) is 18.6. The van der Waals surface area contributed by atoms with Gasteiger partial charge in [0.25, 0.3) is 11.8 Å². The van der Waals surface area contributed by atoms with Crippen LogP contribution in [0.15, 0.2) is 54.7 Å². The van der Waals surface area contributed by atoms with Gasteiger partial charge in [0.15, 0.2) is 0 Å². The van der Waals surface area contributed by atoms with Gasteiger partial charge in [0, 0.05) is 40.7 Å². The molecular formula is C23H23N5O2. The van der Waals surface area contributed by atoms with Gasteiger partial charge in [-0.15, -0.1) is 0 Å². The van der Waals surface area contributed by atoms with E-state index in [-0.39, 0.29) is 17.2 Å². The van der Waals surface area contributed by atoms with Crippen molar-refractivity contribution in [3.63, 3.8) is 0 Å². The van der Waals surface area contributed by atoms with E-state index in [0.717, 1.165) is 42.9 Å². The Kier molecular flexibility index (Phi) is 4.59. The van der Waals surface area contributed by atoms with Crippen LogP contribution in [-0.4, -0.2) is 41.4 Å². The molecule has 152 valence electrons. The lowest BCUT2D eigenvalue weighted by atomic mass is 9.73. The van der Waals surface area contributed by atoms with Crippen molar-refractivity contribution in [2.75, 3.05) is 25.0 Å². The Labute approximate surface area is 174 Å². The molecule has 1 fully saturated rings. The SMILES string of the molecule is O=C(Nc1cc(-c2cc3c([nH]2)C2(CCNCC2)CNC3=O)ccn1)c1ccccc1. The van der Waals surface area contributed by atoms with Gasteiger partial charge in [-0.25, -0.2) is 4.98 Å². The average Bonchev–Trinajstić information content (AvgIpc) is 3.26. The van der Waals surface area contributed by atoms with Crippen LogP contribution in [0.1, 0.15) is 39.3 Å². The van der Waals surface area contributed by atoms with Crippen molar-refractivity contribution in [3.05, 3.63) is 71.5 Å². The normalized spacial score (nSPS) is 17.3. The van der Waals surface area contributed by atoms with Crippen molar-refractivity contribution in [2.24, 2.45) is 0 Å². The molecule has 7 heteroatoms. The zero-order valence-corrected chi connectivity index (χ0v) is 16.5. The van der Waals surface area contributed by atoms with Crippen LogP contribution in [0.5, 0.6) is 0 Å². The van der Waals surface area contributed by atoms with Gasteiger partial charge in [-0.1, -0.05) is 18.2 Å². The van der Waals surface area contributed by atoms with Gasteiger partial charge < -0.3 is 20.9 Å². The van der Waals surface area contributed by atoms with E-state index in [4.69, 9.17) is 0 Å². The smallest absolute Gasteiger partial charge is 0.256 e. The van der Waals surface area contributed by atoms with E-state index in [2.05, 4.69) is 25.9 Å². The van der Waals surface area contributed by atoms with E-state index >= 15 is 0 Å². The summed E-state index contributed by atoms with van der Waals surface area (Å²) >= 11 is 0. The lowest BCUT2D eigenvalue weighted by Crippen LogP contribution is -2.51. The second-order valence-electron chi connectivity index (χ2n) is 7.93. The number of H-pyrrole nitrogens is 1. The predicted octanol–water partition coefficient (Wildman–Crippen LogP) is 2.69. The number of carbonyl (C=O) groups is 2. The van der Waals surface area contributed by atoms with Gasteiger partial charge in [0.1, 0.15) is 5.82 Å². The molecule has 0 atom stereocenters. The van der Waals surface area contributed by atoms with Crippen molar-refractivity contribution >= 4 is 17.6 Å². The van der Waals surface area contributed by atoms with E-state index in [1.165, 1.54) is 0 Å². The first-order valence-electron chi connectivity index (χ1n) is 10.2. The van der Waals surface area contributed by atoms with Gasteiger partial charge in [-0.3, -0.25) is 9.59 Å². The summed E-state index contributed by atoms with van der Waals surface area (Å²) in [6.45, 7) is 2.54. The van der Waals surface area contributed by atoms with E-state index in [0.29, 0.717) is 23.5 Å². The van der Waals surface area contributed by atoms with Crippen molar-refractivity contribution in [1.29, 1.82) is 0 Å². The molecule has 0 aliphatic carbocycles. The molecule has 1 spiro atoms. The number of benzene rings is 1. The maximum atomic E-state index is 12.5. The number of pyridine rings is 1. The summed E-state index contributed by atoms with van der Waals surface area (Å²) < 4.78 is 0. The third kappa shape index (κ3) is 3.27. The summed E-state index contributed by atoms with van der Waals surface area (Å²) in [4.78, 5) is 32.8. The number of amides is 2. The highest BCUT2D eigenvalue weighted by Crippen LogP contribution is 2.39. The molecule has 1 saturated heterocycles. The largest absolute Gasteiger partial charge is 0.357 e. The molecule has 0 unspecified atom stereocenters. The van der Waals surface area contributed by atoms with E-state index < -0.39 is 0 Å². The van der Waals surface area contributed by atoms with E-state index in [1.807, 2.05) is 36.4 Å². The Morgan fingerprint density at radius 3 is 2.67 bits per heavy atom. The summed E-state index contributed by atoms with van der Waals surface area (Å²) in [5, 5.41) is 9.31.